The molecule has 210 valence electrons. The molecule has 1 aliphatic carbocycles. The van der Waals surface area contributed by atoms with Crippen molar-refractivity contribution in [3.05, 3.63) is 59.3 Å². The van der Waals surface area contributed by atoms with Crippen LogP contribution in [-0.2, 0) is 24.3 Å². The lowest BCUT2D eigenvalue weighted by Gasteiger charge is -2.41. The summed E-state index contributed by atoms with van der Waals surface area (Å²) in [5.74, 6) is 0.653. The van der Waals surface area contributed by atoms with Gasteiger partial charge in [-0.25, -0.2) is 4.39 Å². The highest BCUT2D eigenvalue weighted by Gasteiger charge is 2.38. The zero-order valence-corrected chi connectivity index (χ0v) is 23.0. The van der Waals surface area contributed by atoms with Crippen molar-refractivity contribution in [1.82, 2.24) is 24.7 Å². The maximum Gasteiger partial charge on any atom is 0.318 e. The van der Waals surface area contributed by atoms with Gasteiger partial charge < -0.3 is 14.5 Å². The van der Waals surface area contributed by atoms with Crippen LogP contribution >= 0.6 is 0 Å². The average Bonchev–Trinajstić information content (AvgIpc) is 3.67. The third kappa shape index (κ3) is 5.04. The van der Waals surface area contributed by atoms with Gasteiger partial charge in [-0.1, -0.05) is 30.8 Å². The van der Waals surface area contributed by atoms with E-state index >= 15 is 0 Å². The van der Waals surface area contributed by atoms with Gasteiger partial charge in [0.25, 0.3) is 0 Å². The van der Waals surface area contributed by atoms with Gasteiger partial charge >= 0.3 is 6.01 Å². The summed E-state index contributed by atoms with van der Waals surface area (Å²) >= 11 is 0. The number of carbonyl (C=O) groups is 1. The second kappa shape index (κ2) is 11.1. The maximum atomic E-state index is 13.9. The molecule has 1 unspecified atom stereocenters. The molecule has 3 aliphatic heterocycles. The van der Waals surface area contributed by atoms with E-state index in [1.54, 1.807) is 4.90 Å². The smallest absolute Gasteiger partial charge is 0.318 e. The Bertz CT molecular complexity index is 1330. The second-order valence-corrected chi connectivity index (χ2v) is 11.3. The van der Waals surface area contributed by atoms with Gasteiger partial charge in [-0.2, -0.15) is 15.2 Å². The van der Waals surface area contributed by atoms with E-state index in [2.05, 4.69) is 46.7 Å². The van der Waals surface area contributed by atoms with Crippen LogP contribution in [0.15, 0.2) is 36.9 Å². The van der Waals surface area contributed by atoms with Gasteiger partial charge in [0, 0.05) is 56.9 Å². The highest BCUT2D eigenvalue weighted by molar-refractivity contribution is 5.87. The van der Waals surface area contributed by atoms with Crippen LogP contribution in [0.4, 0.5) is 10.2 Å². The van der Waals surface area contributed by atoms with Crippen LogP contribution in [0.5, 0.6) is 6.01 Å². The quantitative estimate of drug-likeness (QED) is 0.491. The van der Waals surface area contributed by atoms with Crippen LogP contribution in [0.25, 0.3) is 0 Å². The maximum absolute atomic E-state index is 13.9. The molecule has 1 amide bonds. The summed E-state index contributed by atoms with van der Waals surface area (Å²) in [6.45, 7) is 7.37. The van der Waals surface area contributed by atoms with Crippen molar-refractivity contribution in [3.63, 3.8) is 0 Å². The monoisotopic (exact) mass is 545 g/mol. The Hall–Kier alpha value is -3.55. The number of hydrogen-bond donors (Lipinski definition) is 0. The molecule has 0 bridgehead atoms. The van der Waals surface area contributed by atoms with E-state index in [9.17, 15) is 14.4 Å². The fourth-order valence-electron chi connectivity index (χ4n) is 6.81. The number of halogens is 1. The number of anilines is 1. The SMILES string of the molecule is C=CC(=O)N1CCN(c2nc(OC[C@@H]3C[C@@H](F)CN3C)nc3c2CN(C2CCc4ccccc42)C3)C[C@@H]1CC#N. The molecule has 4 heterocycles. The molecule has 4 atom stereocenters. The van der Waals surface area contributed by atoms with Crippen molar-refractivity contribution < 1.29 is 13.9 Å². The molecule has 40 heavy (non-hydrogen) atoms. The van der Waals surface area contributed by atoms with Crippen molar-refractivity contribution in [2.24, 2.45) is 0 Å². The summed E-state index contributed by atoms with van der Waals surface area (Å²) in [4.78, 5) is 30.6. The van der Waals surface area contributed by atoms with E-state index in [1.807, 2.05) is 11.9 Å². The molecular formula is C30H36FN7O2. The van der Waals surface area contributed by atoms with Crippen LogP contribution in [0.1, 0.15) is 47.7 Å². The first-order valence-corrected chi connectivity index (χ1v) is 14.2. The van der Waals surface area contributed by atoms with Crippen LogP contribution in [-0.4, -0.2) is 88.7 Å². The summed E-state index contributed by atoms with van der Waals surface area (Å²) in [5.41, 5.74) is 4.83. The lowest BCUT2D eigenvalue weighted by Crippen LogP contribution is -2.55. The normalized spacial score (nSPS) is 26.4. The summed E-state index contributed by atoms with van der Waals surface area (Å²) < 4.78 is 20.1. The summed E-state index contributed by atoms with van der Waals surface area (Å²) in [5, 5.41) is 9.48. The number of rotatable bonds is 7. The molecule has 2 fully saturated rings. The number of carbonyl (C=O) groups excluding carboxylic acids is 1. The molecule has 1 aromatic heterocycles. The number of hydrogen-bond acceptors (Lipinski definition) is 8. The highest BCUT2D eigenvalue weighted by Crippen LogP contribution is 2.42. The average molecular weight is 546 g/mol. The molecule has 0 saturated carbocycles. The number of ether oxygens (including phenoxy) is 1. The lowest BCUT2D eigenvalue weighted by atomic mass is 10.1. The number of benzene rings is 1. The number of piperazine rings is 1. The van der Waals surface area contributed by atoms with E-state index in [0.29, 0.717) is 57.8 Å². The van der Waals surface area contributed by atoms with Crippen LogP contribution < -0.4 is 9.64 Å². The molecule has 2 aromatic rings. The van der Waals surface area contributed by atoms with Crippen LogP contribution in [0, 0.1) is 11.3 Å². The molecule has 0 N–H and O–H groups in total. The van der Waals surface area contributed by atoms with Crippen molar-refractivity contribution in [1.29, 1.82) is 5.26 Å². The van der Waals surface area contributed by atoms with Crippen molar-refractivity contribution in [2.45, 2.75) is 63.1 Å². The van der Waals surface area contributed by atoms with Crippen molar-refractivity contribution in [2.75, 3.05) is 44.7 Å². The topological polar surface area (TPSA) is 88.8 Å². The molecular weight excluding hydrogens is 509 g/mol. The van der Waals surface area contributed by atoms with Gasteiger partial charge in [0.1, 0.15) is 18.6 Å². The third-order valence-corrected chi connectivity index (χ3v) is 8.92. The number of aromatic nitrogens is 2. The van der Waals surface area contributed by atoms with Crippen molar-refractivity contribution >= 4 is 11.7 Å². The first-order chi connectivity index (χ1) is 19.4. The lowest BCUT2D eigenvalue weighted by molar-refractivity contribution is -0.128. The second-order valence-electron chi connectivity index (χ2n) is 11.3. The minimum Gasteiger partial charge on any atom is -0.462 e. The van der Waals surface area contributed by atoms with Crippen molar-refractivity contribution in [3.8, 4) is 12.1 Å². The minimum absolute atomic E-state index is 0.0183. The standard InChI is InChI=1S/C30H36FN7O2/c1-3-28(39)38-13-12-36(16-22(38)10-11-32)29-25-17-37(27-9-8-20-6-4-5-7-24(20)27)18-26(25)33-30(34-29)40-19-23-14-21(31)15-35(23)2/h3-7,21-23,27H,1,8-10,12-19H2,2H3/t21-,22+,23+,27?/m1/s1. The Morgan fingerprint density at radius 2 is 2.08 bits per heavy atom. The van der Waals surface area contributed by atoms with E-state index in [4.69, 9.17) is 14.7 Å². The Balaban J connectivity index is 1.28. The number of likely N-dealkylation sites (N-methyl/N-ethyl adjacent to an activating group) is 1. The van der Waals surface area contributed by atoms with Gasteiger partial charge in [-0.3, -0.25) is 14.6 Å². The van der Waals surface area contributed by atoms with E-state index in [-0.39, 0.29) is 24.4 Å². The van der Waals surface area contributed by atoms with E-state index in [0.717, 1.165) is 36.5 Å². The van der Waals surface area contributed by atoms with Crippen LogP contribution in [0.2, 0.25) is 0 Å². The molecule has 2 saturated heterocycles. The highest BCUT2D eigenvalue weighted by atomic mass is 19.1. The molecule has 4 aliphatic rings. The van der Waals surface area contributed by atoms with Gasteiger partial charge in [0.15, 0.2) is 0 Å². The number of nitriles is 1. The number of aryl methyl sites for hydroxylation is 1. The molecule has 9 nitrogen and oxygen atoms in total. The predicted molar refractivity (Wildman–Crippen MR) is 148 cm³/mol. The first-order valence-electron chi connectivity index (χ1n) is 14.2. The third-order valence-electron chi connectivity index (χ3n) is 8.92. The van der Waals surface area contributed by atoms with Gasteiger partial charge in [0.2, 0.25) is 5.91 Å². The fraction of sp³-hybridized carbons (Fsp3) is 0.533. The van der Waals surface area contributed by atoms with E-state index in [1.165, 1.54) is 17.2 Å². The Morgan fingerprint density at radius 3 is 2.85 bits per heavy atom. The molecule has 10 heteroatoms. The number of likely N-dealkylation sites (tertiary alicyclic amines) is 1. The first kappa shape index (κ1) is 26.7. The molecule has 0 spiro atoms. The Labute approximate surface area is 234 Å². The zero-order valence-electron chi connectivity index (χ0n) is 23.0. The summed E-state index contributed by atoms with van der Waals surface area (Å²) in [6, 6.07) is 11.3. The number of amides is 1. The number of alkyl halides is 1. The van der Waals surface area contributed by atoms with Gasteiger partial charge in [-0.05, 0) is 43.5 Å². The number of fused-ring (bicyclic) bond motifs is 2. The molecule has 1 aromatic carbocycles. The van der Waals surface area contributed by atoms with Gasteiger partial charge in [0.05, 0.1) is 24.2 Å². The predicted octanol–water partition coefficient (Wildman–Crippen LogP) is 3.02. The fourth-order valence-corrected chi connectivity index (χ4v) is 6.81. The number of nitrogens with zero attached hydrogens (tertiary/aromatic N) is 7. The van der Waals surface area contributed by atoms with E-state index < -0.39 is 6.17 Å². The summed E-state index contributed by atoms with van der Waals surface area (Å²) in [6.07, 6.45) is 3.29. The molecule has 0 radical (unpaired) electrons. The zero-order chi connectivity index (χ0) is 27.8. The Morgan fingerprint density at radius 1 is 1.23 bits per heavy atom. The van der Waals surface area contributed by atoms with Crippen LogP contribution in [0.3, 0.4) is 0 Å². The molecule has 6 rings (SSSR count). The largest absolute Gasteiger partial charge is 0.462 e. The van der Waals surface area contributed by atoms with Gasteiger partial charge in [-0.15, -0.1) is 0 Å². The Kier molecular flexibility index (Phi) is 7.43. The summed E-state index contributed by atoms with van der Waals surface area (Å²) in [7, 11) is 1.92. The minimum atomic E-state index is -0.843.